The van der Waals surface area contributed by atoms with Crippen LogP contribution < -0.4 is 32.3 Å². The van der Waals surface area contributed by atoms with Gasteiger partial charge in [0.25, 0.3) is 0 Å². The van der Waals surface area contributed by atoms with Gasteiger partial charge in [-0.25, -0.2) is 0 Å². The van der Waals surface area contributed by atoms with Crippen LogP contribution in [-0.4, -0.2) is 89.8 Å². The molecule has 0 amide bonds. The lowest BCUT2D eigenvalue weighted by Gasteiger charge is -2.17. The molecule has 0 aliphatic rings. The van der Waals surface area contributed by atoms with Gasteiger partial charge in [-0.1, -0.05) is 0 Å². The first-order valence-corrected chi connectivity index (χ1v) is 12.1. The molecule has 0 aromatic carbocycles. The van der Waals surface area contributed by atoms with Crippen molar-refractivity contribution >= 4 is 37.9 Å². The summed E-state index contributed by atoms with van der Waals surface area (Å²) < 4.78 is 0. The molecule has 0 heterocycles. The van der Waals surface area contributed by atoms with E-state index in [4.69, 9.17) is 5.73 Å². The van der Waals surface area contributed by atoms with E-state index in [1.807, 2.05) is 7.05 Å². The number of hydrogen-bond donors (Lipinski definition) is 9. The van der Waals surface area contributed by atoms with Crippen molar-refractivity contribution in [2.24, 2.45) is 23.5 Å². The van der Waals surface area contributed by atoms with Crippen molar-refractivity contribution in [2.75, 3.05) is 89.8 Å². The summed E-state index contributed by atoms with van der Waals surface area (Å²) in [5.41, 5.74) is 5.67. The second-order valence-electron chi connectivity index (χ2n) is 7.11. The maximum atomic E-state index is 5.67. The van der Waals surface area contributed by atoms with Gasteiger partial charge in [0.15, 0.2) is 0 Å². The van der Waals surface area contributed by atoms with Crippen LogP contribution in [-0.2, 0) is 0 Å². The molecule has 0 radical (unpaired) electrons. The zero-order valence-corrected chi connectivity index (χ0v) is 19.7. The molecule has 0 spiro atoms. The molecule has 0 bridgehead atoms. The normalized spacial score (nSPS) is 15.0. The third kappa shape index (κ3) is 17.4. The van der Waals surface area contributed by atoms with E-state index in [1.54, 1.807) is 0 Å². The Kier molecular flexibility index (Phi) is 22.2. The number of hydrogen-bond acceptors (Lipinski definition) is 9. The van der Waals surface area contributed by atoms with Crippen LogP contribution in [0, 0.1) is 17.8 Å². The molecule has 27 heavy (non-hydrogen) atoms. The Morgan fingerprint density at radius 1 is 0.630 bits per heavy atom. The molecular formula is C18H44N6S3. The Morgan fingerprint density at radius 3 is 1.44 bits per heavy atom. The molecule has 7 N–H and O–H groups in total. The van der Waals surface area contributed by atoms with Crippen molar-refractivity contribution in [1.29, 1.82) is 0 Å². The van der Waals surface area contributed by atoms with Crippen molar-refractivity contribution in [3.05, 3.63) is 0 Å². The van der Waals surface area contributed by atoms with Gasteiger partial charge in [0, 0.05) is 13.1 Å². The van der Waals surface area contributed by atoms with Crippen LogP contribution in [0.4, 0.5) is 0 Å². The third-order valence-corrected chi connectivity index (χ3v) is 6.07. The highest BCUT2D eigenvalue weighted by atomic mass is 32.1. The SMILES string of the molecule is CNCC(CS)CNCCCNCC(CS)CNCCNCC(CN)CS. The fourth-order valence-corrected chi connectivity index (χ4v) is 3.45. The molecule has 9 heteroatoms. The Bertz CT molecular complexity index is 298. The number of thiol groups is 3. The first kappa shape index (κ1) is 27.8. The van der Waals surface area contributed by atoms with Crippen LogP contribution in [0.15, 0.2) is 0 Å². The van der Waals surface area contributed by atoms with Gasteiger partial charge in [-0.05, 0) is 101 Å². The Morgan fingerprint density at radius 2 is 1.04 bits per heavy atom. The molecule has 3 unspecified atom stereocenters. The van der Waals surface area contributed by atoms with Crippen molar-refractivity contribution in [3.63, 3.8) is 0 Å². The molecule has 0 aromatic heterocycles. The van der Waals surface area contributed by atoms with Crippen molar-refractivity contribution in [2.45, 2.75) is 6.42 Å². The first-order chi connectivity index (χ1) is 13.2. The Balaban J connectivity index is 3.51. The molecule has 0 aliphatic heterocycles. The fourth-order valence-electron chi connectivity index (χ4n) is 2.65. The Labute approximate surface area is 183 Å². The molecule has 0 aliphatic carbocycles. The van der Waals surface area contributed by atoms with Gasteiger partial charge in [-0.3, -0.25) is 0 Å². The second kappa shape index (κ2) is 21.5. The third-order valence-electron chi connectivity index (χ3n) is 4.52. The van der Waals surface area contributed by atoms with E-state index >= 15 is 0 Å². The monoisotopic (exact) mass is 440 g/mol. The second-order valence-corrected chi connectivity index (χ2v) is 8.20. The quantitative estimate of drug-likeness (QED) is 0.0888. The van der Waals surface area contributed by atoms with E-state index in [1.165, 1.54) is 0 Å². The number of nitrogens with two attached hydrogens (primary N) is 1. The molecular weight excluding hydrogens is 396 g/mol. The van der Waals surface area contributed by atoms with Gasteiger partial charge in [-0.2, -0.15) is 37.9 Å². The minimum Gasteiger partial charge on any atom is -0.330 e. The summed E-state index contributed by atoms with van der Waals surface area (Å²) in [6, 6.07) is 0. The van der Waals surface area contributed by atoms with Crippen LogP contribution in [0.2, 0.25) is 0 Å². The number of nitrogens with one attached hydrogen (secondary N) is 5. The lowest BCUT2D eigenvalue weighted by molar-refractivity contribution is 0.456. The van der Waals surface area contributed by atoms with E-state index in [0.29, 0.717) is 24.3 Å². The van der Waals surface area contributed by atoms with E-state index in [2.05, 4.69) is 64.5 Å². The molecule has 0 saturated heterocycles. The molecule has 3 atom stereocenters. The topological polar surface area (TPSA) is 86.2 Å². The zero-order valence-electron chi connectivity index (χ0n) is 17.1. The van der Waals surface area contributed by atoms with Gasteiger partial charge in [0.1, 0.15) is 0 Å². The van der Waals surface area contributed by atoms with Gasteiger partial charge in [0.05, 0.1) is 0 Å². The maximum Gasteiger partial charge on any atom is 0.00768 e. The van der Waals surface area contributed by atoms with Crippen LogP contribution in [0.5, 0.6) is 0 Å². The predicted molar refractivity (Wildman–Crippen MR) is 131 cm³/mol. The molecule has 0 aromatic rings. The molecule has 164 valence electrons. The van der Waals surface area contributed by atoms with Crippen molar-refractivity contribution < 1.29 is 0 Å². The lowest BCUT2D eigenvalue weighted by Crippen LogP contribution is -2.38. The van der Waals surface area contributed by atoms with Crippen LogP contribution in [0.25, 0.3) is 0 Å². The highest BCUT2D eigenvalue weighted by Crippen LogP contribution is 1.97. The predicted octanol–water partition coefficient (Wildman–Crippen LogP) is -0.449. The summed E-state index contributed by atoms with van der Waals surface area (Å²) in [6.45, 7) is 9.71. The highest BCUT2D eigenvalue weighted by Gasteiger charge is 2.07. The van der Waals surface area contributed by atoms with E-state index in [-0.39, 0.29) is 0 Å². The van der Waals surface area contributed by atoms with E-state index in [9.17, 15) is 0 Å². The molecule has 6 nitrogen and oxygen atoms in total. The van der Waals surface area contributed by atoms with Crippen LogP contribution >= 0.6 is 37.9 Å². The number of rotatable bonds is 21. The highest BCUT2D eigenvalue weighted by molar-refractivity contribution is 7.80. The minimum absolute atomic E-state index is 0.462. The van der Waals surface area contributed by atoms with Gasteiger partial charge in [-0.15, -0.1) is 0 Å². The summed E-state index contributed by atoms with van der Waals surface area (Å²) in [6.07, 6.45) is 1.14. The summed E-state index contributed by atoms with van der Waals surface area (Å²) in [5.74, 6) is 4.27. The van der Waals surface area contributed by atoms with Crippen LogP contribution in [0.1, 0.15) is 6.42 Å². The summed E-state index contributed by atoms with van der Waals surface area (Å²) in [5, 5.41) is 17.2. The van der Waals surface area contributed by atoms with Gasteiger partial charge >= 0.3 is 0 Å². The first-order valence-electron chi connectivity index (χ1n) is 10.2. The average molecular weight is 441 g/mol. The molecule has 0 saturated carbocycles. The lowest BCUT2D eigenvalue weighted by atomic mass is 10.1. The average Bonchev–Trinajstić information content (AvgIpc) is 2.70. The maximum absolute atomic E-state index is 5.67. The van der Waals surface area contributed by atoms with Crippen molar-refractivity contribution in [3.8, 4) is 0 Å². The van der Waals surface area contributed by atoms with E-state index < -0.39 is 0 Å². The van der Waals surface area contributed by atoms with Crippen LogP contribution in [0.3, 0.4) is 0 Å². The Hall–Kier alpha value is 0.810. The van der Waals surface area contributed by atoms with E-state index in [0.717, 1.165) is 82.6 Å². The smallest absolute Gasteiger partial charge is 0.00768 e. The summed E-state index contributed by atoms with van der Waals surface area (Å²) in [7, 11) is 1.99. The fraction of sp³-hybridized carbons (Fsp3) is 1.00. The summed E-state index contributed by atoms with van der Waals surface area (Å²) >= 11 is 13.2. The van der Waals surface area contributed by atoms with Gasteiger partial charge < -0.3 is 32.3 Å². The molecule has 0 fully saturated rings. The summed E-state index contributed by atoms with van der Waals surface area (Å²) in [4.78, 5) is 0. The van der Waals surface area contributed by atoms with Crippen molar-refractivity contribution in [1.82, 2.24) is 26.6 Å². The zero-order chi connectivity index (χ0) is 20.2. The molecule has 0 rings (SSSR count). The minimum atomic E-state index is 0.462. The van der Waals surface area contributed by atoms with Gasteiger partial charge in [0.2, 0.25) is 0 Å². The standard InChI is InChI=1S/C18H44N6S3/c1-20-8-17(14-26)10-21-3-2-4-22-11-18(15-27)12-24-6-5-23-9-16(7-19)13-25/h16-18,20-27H,2-15,19H2,1H3. The largest absolute Gasteiger partial charge is 0.330 e.